The number of halogens is 3. The molecule has 1 aromatic rings. The largest absolute Gasteiger partial charge is 0.336 e. The topological polar surface area (TPSA) is 20.3 Å². The number of benzene rings is 1. The second-order valence-corrected chi connectivity index (χ2v) is 5.82. The summed E-state index contributed by atoms with van der Waals surface area (Å²) in [5, 5.41) is 0.619. The molecule has 5 heteroatoms. The molecule has 0 aliphatic heterocycles. The second-order valence-electron chi connectivity index (χ2n) is 4.41. The van der Waals surface area contributed by atoms with Crippen molar-refractivity contribution < 1.29 is 9.18 Å². The highest BCUT2D eigenvalue weighted by molar-refractivity contribution is 9.10. The van der Waals surface area contributed by atoms with Gasteiger partial charge in [-0.1, -0.05) is 22.0 Å². The lowest BCUT2D eigenvalue weighted by atomic mass is 10.0. The van der Waals surface area contributed by atoms with Crippen LogP contribution in [0.15, 0.2) is 22.7 Å². The zero-order chi connectivity index (χ0) is 13.2. The lowest BCUT2D eigenvalue weighted by Crippen LogP contribution is -2.46. The molecule has 0 aromatic heterocycles. The van der Waals surface area contributed by atoms with E-state index in [2.05, 4.69) is 31.9 Å². The van der Waals surface area contributed by atoms with Crippen molar-refractivity contribution in [3.05, 3.63) is 34.1 Å². The number of rotatable bonds is 3. The fourth-order valence-electron chi connectivity index (χ4n) is 1.23. The van der Waals surface area contributed by atoms with Gasteiger partial charge in [-0.15, -0.1) is 0 Å². The standard InChI is InChI=1S/C12H14Br2FNO/c1-12(2,7-13)16(3)11(17)10-8(14)5-4-6-9(10)15/h4-6H,7H2,1-3H3. The Kier molecular flexibility index (Phi) is 4.72. The molecule has 0 atom stereocenters. The highest BCUT2D eigenvalue weighted by Gasteiger charge is 2.29. The summed E-state index contributed by atoms with van der Waals surface area (Å²) in [6, 6.07) is 4.50. The van der Waals surface area contributed by atoms with Crippen LogP contribution >= 0.6 is 31.9 Å². The molecule has 94 valence electrons. The van der Waals surface area contributed by atoms with Crippen LogP contribution in [0.25, 0.3) is 0 Å². The molecule has 0 aliphatic carbocycles. The minimum atomic E-state index is -0.512. The number of hydrogen-bond acceptors (Lipinski definition) is 1. The normalized spacial score (nSPS) is 11.4. The van der Waals surface area contributed by atoms with Crippen molar-refractivity contribution in [1.82, 2.24) is 4.90 Å². The van der Waals surface area contributed by atoms with Gasteiger partial charge in [0.2, 0.25) is 0 Å². The molecule has 0 saturated carbocycles. The molecule has 17 heavy (non-hydrogen) atoms. The van der Waals surface area contributed by atoms with Crippen molar-refractivity contribution in [3.8, 4) is 0 Å². The van der Waals surface area contributed by atoms with E-state index < -0.39 is 5.82 Å². The summed E-state index contributed by atoms with van der Waals surface area (Å²) in [6.07, 6.45) is 0. The summed E-state index contributed by atoms with van der Waals surface area (Å²) in [7, 11) is 1.67. The first-order chi connectivity index (χ1) is 7.81. The van der Waals surface area contributed by atoms with Crippen molar-refractivity contribution in [2.75, 3.05) is 12.4 Å². The Hall–Kier alpha value is -0.420. The maximum Gasteiger partial charge on any atom is 0.258 e. The number of amides is 1. The van der Waals surface area contributed by atoms with Gasteiger partial charge in [0, 0.05) is 22.4 Å². The molecule has 0 fully saturated rings. The molecule has 1 aromatic carbocycles. The molecule has 1 rings (SSSR count). The smallest absolute Gasteiger partial charge is 0.258 e. The highest BCUT2D eigenvalue weighted by atomic mass is 79.9. The monoisotopic (exact) mass is 365 g/mol. The SMILES string of the molecule is CN(C(=O)c1c(F)cccc1Br)C(C)(C)CBr. The van der Waals surface area contributed by atoms with E-state index in [1.165, 1.54) is 11.0 Å². The first-order valence-corrected chi connectivity index (χ1v) is 7.01. The molecule has 2 nitrogen and oxygen atoms in total. The van der Waals surface area contributed by atoms with E-state index in [4.69, 9.17) is 0 Å². The Labute approximate surface area is 117 Å². The van der Waals surface area contributed by atoms with Crippen LogP contribution in [0, 0.1) is 5.82 Å². The first kappa shape index (κ1) is 14.6. The average molecular weight is 367 g/mol. The van der Waals surface area contributed by atoms with Crippen LogP contribution < -0.4 is 0 Å². The zero-order valence-electron chi connectivity index (χ0n) is 9.93. The molecule has 1 amide bonds. The lowest BCUT2D eigenvalue weighted by Gasteiger charge is -2.34. The van der Waals surface area contributed by atoms with Gasteiger partial charge in [-0.2, -0.15) is 0 Å². The molecular formula is C12H14Br2FNO. The van der Waals surface area contributed by atoms with E-state index in [0.717, 1.165) is 0 Å². The van der Waals surface area contributed by atoms with Crippen LogP contribution in [0.5, 0.6) is 0 Å². The van der Waals surface area contributed by atoms with Crippen molar-refractivity contribution in [2.24, 2.45) is 0 Å². The second kappa shape index (κ2) is 5.48. The number of nitrogens with zero attached hydrogens (tertiary/aromatic N) is 1. The van der Waals surface area contributed by atoms with E-state index >= 15 is 0 Å². The van der Waals surface area contributed by atoms with Gasteiger partial charge in [0.05, 0.1) is 5.56 Å². The van der Waals surface area contributed by atoms with Gasteiger partial charge < -0.3 is 4.90 Å². The third-order valence-electron chi connectivity index (χ3n) is 2.72. The Morgan fingerprint density at radius 1 is 1.47 bits per heavy atom. The molecule has 0 aliphatic rings. The highest BCUT2D eigenvalue weighted by Crippen LogP contribution is 2.24. The van der Waals surface area contributed by atoms with Gasteiger partial charge in [-0.05, 0) is 41.9 Å². The van der Waals surface area contributed by atoms with Gasteiger partial charge in [0.1, 0.15) is 5.82 Å². The third-order valence-corrected chi connectivity index (χ3v) is 4.75. The van der Waals surface area contributed by atoms with Crippen molar-refractivity contribution in [2.45, 2.75) is 19.4 Å². The fraction of sp³-hybridized carbons (Fsp3) is 0.417. The zero-order valence-corrected chi connectivity index (χ0v) is 13.1. The Balaban J connectivity index is 3.14. The predicted octanol–water partition coefficient (Wildman–Crippen LogP) is 3.83. The van der Waals surface area contributed by atoms with E-state index in [1.54, 1.807) is 19.2 Å². The lowest BCUT2D eigenvalue weighted by molar-refractivity contribution is 0.0658. The molecule has 0 saturated heterocycles. The van der Waals surface area contributed by atoms with Crippen molar-refractivity contribution in [3.63, 3.8) is 0 Å². The third kappa shape index (κ3) is 3.07. The van der Waals surface area contributed by atoms with Crippen molar-refractivity contribution >= 4 is 37.8 Å². The van der Waals surface area contributed by atoms with E-state index in [-0.39, 0.29) is 17.0 Å². The van der Waals surface area contributed by atoms with Crippen LogP contribution in [0.4, 0.5) is 4.39 Å². The van der Waals surface area contributed by atoms with Crippen LogP contribution in [-0.4, -0.2) is 28.7 Å². The van der Waals surface area contributed by atoms with Crippen LogP contribution in [0.3, 0.4) is 0 Å². The van der Waals surface area contributed by atoms with Crippen LogP contribution in [0.2, 0.25) is 0 Å². The van der Waals surface area contributed by atoms with E-state index in [1.807, 2.05) is 13.8 Å². The van der Waals surface area contributed by atoms with Gasteiger partial charge in [0.25, 0.3) is 5.91 Å². The Morgan fingerprint density at radius 2 is 2.06 bits per heavy atom. The summed E-state index contributed by atoms with van der Waals surface area (Å²) in [5.41, 5.74) is -0.303. The number of carbonyl (C=O) groups excluding carboxylic acids is 1. The first-order valence-electron chi connectivity index (χ1n) is 5.09. The van der Waals surface area contributed by atoms with Gasteiger partial charge in [-0.3, -0.25) is 4.79 Å². The Bertz CT molecular complexity index is 414. The van der Waals surface area contributed by atoms with Crippen molar-refractivity contribution in [1.29, 1.82) is 0 Å². The maximum atomic E-state index is 13.7. The summed E-state index contributed by atoms with van der Waals surface area (Å²) in [4.78, 5) is 13.8. The molecule has 0 bridgehead atoms. The minimum absolute atomic E-state index is 0.0732. The summed E-state index contributed by atoms with van der Waals surface area (Å²) < 4.78 is 14.1. The number of alkyl halides is 1. The summed E-state index contributed by atoms with van der Waals surface area (Å²) >= 11 is 6.56. The molecule has 0 spiro atoms. The molecule has 0 radical (unpaired) electrons. The van der Waals surface area contributed by atoms with Crippen LogP contribution in [0.1, 0.15) is 24.2 Å². The quantitative estimate of drug-likeness (QED) is 0.744. The van der Waals surface area contributed by atoms with E-state index in [9.17, 15) is 9.18 Å². The molecule has 0 heterocycles. The molecule has 0 unspecified atom stereocenters. The summed E-state index contributed by atoms with van der Waals surface area (Å²) in [5.74, 6) is -0.846. The van der Waals surface area contributed by atoms with Gasteiger partial charge in [-0.25, -0.2) is 4.39 Å². The predicted molar refractivity (Wildman–Crippen MR) is 74.1 cm³/mol. The van der Waals surface area contributed by atoms with Crippen LogP contribution in [-0.2, 0) is 0 Å². The average Bonchev–Trinajstić information content (AvgIpc) is 2.27. The van der Waals surface area contributed by atoms with Gasteiger partial charge in [0.15, 0.2) is 0 Å². The fourth-order valence-corrected chi connectivity index (χ4v) is 2.12. The Morgan fingerprint density at radius 3 is 2.53 bits per heavy atom. The summed E-state index contributed by atoms with van der Waals surface area (Å²) in [6.45, 7) is 3.82. The molecular weight excluding hydrogens is 353 g/mol. The number of carbonyl (C=O) groups is 1. The maximum absolute atomic E-state index is 13.7. The van der Waals surface area contributed by atoms with E-state index in [0.29, 0.717) is 9.80 Å². The number of hydrogen-bond donors (Lipinski definition) is 0. The molecule has 0 N–H and O–H groups in total. The minimum Gasteiger partial charge on any atom is -0.336 e. The van der Waals surface area contributed by atoms with Gasteiger partial charge >= 0.3 is 0 Å².